The first-order valence-electron chi connectivity index (χ1n) is 3.81. The van der Waals surface area contributed by atoms with Crippen molar-refractivity contribution in [1.82, 2.24) is 0 Å². The van der Waals surface area contributed by atoms with Crippen molar-refractivity contribution in [2.75, 3.05) is 12.3 Å². The van der Waals surface area contributed by atoms with Crippen molar-refractivity contribution in [2.24, 2.45) is 0 Å². The van der Waals surface area contributed by atoms with E-state index in [4.69, 9.17) is 21.1 Å². The van der Waals surface area contributed by atoms with Gasteiger partial charge in [0.2, 0.25) is 0 Å². The van der Waals surface area contributed by atoms with Crippen molar-refractivity contribution < 1.29 is 8.39 Å². The van der Waals surface area contributed by atoms with Gasteiger partial charge in [-0.1, -0.05) is 0 Å². The zero-order valence-electron chi connectivity index (χ0n) is 7.23. The predicted molar refractivity (Wildman–Crippen MR) is 56.3 cm³/mol. The van der Waals surface area contributed by atoms with E-state index in [2.05, 4.69) is 0 Å². The molecule has 0 aliphatic rings. The maximum absolute atomic E-state index is 11.7. The third-order valence-corrected chi connectivity index (χ3v) is 3.70. The Bertz CT molecular complexity index is 370. The molecule has 1 atom stereocenters. The first-order chi connectivity index (χ1) is 6.06. The normalized spacial score (nSPS) is 15.2. The van der Waals surface area contributed by atoms with E-state index < -0.39 is 8.77 Å². The average molecular weight is 217 g/mol. The van der Waals surface area contributed by atoms with Gasteiger partial charge in [-0.05, 0) is 31.2 Å². The Balaban J connectivity index is 3.02. The fourth-order valence-electron chi connectivity index (χ4n) is 0.858. The highest BCUT2D eigenvalue weighted by Gasteiger charge is 2.08. The van der Waals surface area contributed by atoms with Crippen LogP contribution in [-0.4, -0.2) is 10.8 Å². The molecule has 1 rings (SSSR count). The largest absolute Gasteiger partial charge is 0.399 e. The molecule has 0 radical (unpaired) electrons. The Hall–Kier alpha value is -0.650. The maximum atomic E-state index is 11.7. The summed E-state index contributed by atoms with van der Waals surface area (Å²) in [5.41, 5.74) is 6.09. The van der Waals surface area contributed by atoms with E-state index in [1.807, 2.05) is 0 Å². The molecule has 1 aromatic rings. The summed E-state index contributed by atoms with van der Waals surface area (Å²) in [7, 11) is -2.75. The van der Waals surface area contributed by atoms with Crippen LogP contribution in [0.2, 0.25) is 0 Å². The molecule has 0 fully saturated rings. The van der Waals surface area contributed by atoms with Gasteiger partial charge in [-0.15, -0.1) is 0 Å². The minimum absolute atomic E-state index is 0.340. The van der Waals surface area contributed by atoms with E-state index in [9.17, 15) is 4.21 Å². The minimum Gasteiger partial charge on any atom is -0.399 e. The Morgan fingerprint density at radius 1 is 1.46 bits per heavy atom. The van der Waals surface area contributed by atoms with Crippen LogP contribution in [0.4, 0.5) is 5.69 Å². The maximum Gasteiger partial charge on any atom is 0.173 e. The van der Waals surface area contributed by atoms with Gasteiger partial charge < -0.3 is 5.73 Å². The van der Waals surface area contributed by atoms with Crippen molar-refractivity contribution in [3.63, 3.8) is 0 Å². The molecule has 0 aromatic heterocycles. The highest BCUT2D eigenvalue weighted by atomic mass is 32.8. The number of rotatable bonds is 3. The van der Waals surface area contributed by atoms with Crippen molar-refractivity contribution >= 4 is 25.6 Å². The van der Waals surface area contributed by atoms with Gasteiger partial charge in [-0.2, -0.15) is 0 Å². The Morgan fingerprint density at radius 3 is 2.46 bits per heavy atom. The van der Waals surface area contributed by atoms with Crippen LogP contribution in [0, 0.1) is 0 Å². The first-order valence-corrected chi connectivity index (χ1v) is 6.22. The molecule has 1 aromatic carbocycles. The van der Waals surface area contributed by atoms with Crippen LogP contribution in [0.5, 0.6) is 0 Å². The summed E-state index contributed by atoms with van der Waals surface area (Å²) >= 11 is 4.82. The van der Waals surface area contributed by atoms with Crippen LogP contribution in [0.1, 0.15) is 6.92 Å². The predicted octanol–water partition coefficient (Wildman–Crippen LogP) is 1.33. The molecule has 0 amide bonds. The monoisotopic (exact) mass is 217 g/mol. The van der Waals surface area contributed by atoms with Gasteiger partial charge in [0.05, 0.1) is 11.5 Å². The van der Waals surface area contributed by atoms with Gasteiger partial charge in [0.15, 0.2) is 8.77 Å². The van der Waals surface area contributed by atoms with Crippen molar-refractivity contribution in [3.05, 3.63) is 24.3 Å². The van der Waals surface area contributed by atoms with E-state index in [0.717, 1.165) is 0 Å². The highest BCUT2D eigenvalue weighted by molar-refractivity contribution is 8.30. The molecule has 0 saturated carbocycles. The Kier molecular flexibility index (Phi) is 3.24. The lowest BCUT2D eigenvalue weighted by atomic mass is 10.3. The molecule has 72 valence electrons. The number of benzene rings is 1. The molecule has 0 aliphatic carbocycles. The molecule has 2 N–H and O–H groups in total. The van der Waals surface area contributed by atoms with Crippen molar-refractivity contribution in [2.45, 2.75) is 11.8 Å². The summed E-state index contributed by atoms with van der Waals surface area (Å²) in [6.07, 6.45) is 0. The van der Waals surface area contributed by atoms with Gasteiger partial charge in [-0.3, -0.25) is 4.18 Å². The van der Waals surface area contributed by atoms with Crippen LogP contribution in [-0.2, 0) is 24.1 Å². The molecule has 3 nitrogen and oxygen atoms in total. The highest BCUT2D eigenvalue weighted by Crippen LogP contribution is 2.14. The lowest BCUT2D eigenvalue weighted by Crippen LogP contribution is -2.04. The topological polar surface area (TPSA) is 52.3 Å². The van der Waals surface area contributed by atoms with Crippen molar-refractivity contribution in [3.8, 4) is 0 Å². The number of hydrogen-bond acceptors (Lipinski definition) is 4. The summed E-state index contributed by atoms with van der Waals surface area (Å²) in [6.45, 7) is 2.09. The number of hydrogen-bond donors (Lipinski definition) is 1. The second kappa shape index (κ2) is 4.04. The van der Waals surface area contributed by atoms with Crippen LogP contribution in [0.3, 0.4) is 0 Å². The molecule has 0 heterocycles. The molecule has 0 bridgehead atoms. The van der Waals surface area contributed by atoms with Crippen LogP contribution in [0.15, 0.2) is 29.2 Å². The van der Waals surface area contributed by atoms with E-state index in [1.165, 1.54) is 0 Å². The van der Waals surface area contributed by atoms with E-state index in [-0.39, 0.29) is 0 Å². The molecule has 1 unspecified atom stereocenters. The third kappa shape index (κ3) is 2.65. The standard InChI is InChI=1S/C8H11NO2S2/c1-2-11-13(10,12)8-5-3-7(9)4-6-8/h3-6H,2,9H2,1H3. The smallest absolute Gasteiger partial charge is 0.173 e. The lowest BCUT2D eigenvalue weighted by Gasteiger charge is -2.05. The van der Waals surface area contributed by atoms with Gasteiger partial charge in [0, 0.05) is 16.9 Å². The van der Waals surface area contributed by atoms with Gasteiger partial charge in [0.25, 0.3) is 0 Å². The molecule has 5 heteroatoms. The zero-order valence-corrected chi connectivity index (χ0v) is 8.86. The summed E-state index contributed by atoms with van der Waals surface area (Å²) in [5.74, 6) is 0. The van der Waals surface area contributed by atoms with Gasteiger partial charge in [0.1, 0.15) is 0 Å². The van der Waals surface area contributed by atoms with Crippen molar-refractivity contribution in [1.29, 1.82) is 0 Å². The van der Waals surface area contributed by atoms with Crippen LogP contribution < -0.4 is 5.73 Å². The molecule has 0 aliphatic heterocycles. The van der Waals surface area contributed by atoms with E-state index >= 15 is 0 Å². The third-order valence-electron chi connectivity index (χ3n) is 1.44. The number of anilines is 1. The van der Waals surface area contributed by atoms with E-state index in [1.54, 1.807) is 31.2 Å². The molecular weight excluding hydrogens is 206 g/mol. The second-order valence-electron chi connectivity index (χ2n) is 2.43. The minimum atomic E-state index is -2.75. The van der Waals surface area contributed by atoms with Crippen LogP contribution >= 0.6 is 0 Å². The summed E-state index contributed by atoms with van der Waals surface area (Å²) in [4.78, 5) is 0.499. The first kappa shape index (κ1) is 10.4. The Labute approximate surface area is 82.8 Å². The van der Waals surface area contributed by atoms with Gasteiger partial charge >= 0.3 is 0 Å². The average Bonchev–Trinajstić information content (AvgIpc) is 2.05. The molecule has 0 saturated heterocycles. The quantitative estimate of drug-likeness (QED) is 0.776. The molecule has 13 heavy (non-hydrogen) atoms. The lowest BCUT2D eigenvalue weighted by molar-refractivity contribution is 0.370. The summed E-state index contributed by atoms with van der Waals surface area (Å²) < 4.78 is 16.6. The van der Waals surface area contributed by atoms with E-state index in [0.29, 0.717) is 17.2 Å². The summed E-state index contributed by atoms with van der Waals surface area (Å²) in [5, 5.41) is 0. The molecular formula is C8H11NO2S2. The SMILES string of the molecule is CCOS(=O)(=S)c1ccc(N)cc1. The zero-order chi connectivity index (χ0) is 9.90. The molecule has 0 spiro atoms. The second-order valence-corrected chi connectivity index (χ2v) is 5.36. The number of nitrogens with two attached hydrogens (primary N) is 1. The number of nitrogen functional groups attached to an aromatic ring is 1. The fraction of sp³-hybridized carbons (Fsp3) is 0.250. The van der Waals surface area contributed by atoms with Gasteiger partial charge in [-0.25, -0.2) is 4.21 Å². The van der Waals surface area contributed by atoms with Crippen LogP contribution in [0.25, 0.3) is 0 Å². The Morgan fingerprint density at radius 2 is 2.00 bits per heavy atom. The summed E-state index contributed by atoms with van der Waals surface area (Å²) in [6, 6.07) is 6.56. The fourth-order valence-corrected chi connectivity index (χ4v) is 2.40.